The van der Waals surface area contributed by atoms with E-state index in [1.165, 1.54) is 0 Å². The van der Waals surface area contributed by atoms with Gasteiger partial charge in [0.15, 0.2) is 23.0 Å². The van der Waals surface area contributed by atoms with Crippen LogP contribution < -0.4 is 18.9 Å². The van der Waals surface area contributed by atoms with Crippen molar-refractivity contribution in [3.63, 3.8) is 0 Å². The van der Waals surface area contributed by atoms with Gasteiger partial charge in [0.1, 0.15) is 6.61 Å². The van der Waals surface area contributed by atoms with Crippen LogP contribution in [0.1, 0.15) is 11.1 Å². The van der Waals surface area contributed by atoms with Crippen molar-refractivity contribution in [3.8, 4) is 41.4 Å². The predicted octanol–water partition coefficient (Wildman–Crippen LogP) is 4.39. The van der Waals surface area contributed by atoms with Crippen LogP contribution in [0.25, 0.3) is 11.6 Å². The number of methoxy groups -OCH3 is 3. The summed E-state index contributed by atoms with van der Waals surface area (Å²) >= 11 is 2.15. The topological polar surface area (TPSA) is 60.7 Å². The molecule has 0 aliphatic heterocycles. The van der Waals surface area contributed by atoms with Crippen LogP contribution in [-0.4, -0.2) is 27.9 Å². The molecule has 0 saturated heterocycles. The number of ether oxygens (including phenoxy) is 4. The van der Waals surface area contributed by atoms with E-state index in [0.29, 0.717) is 28.6 Å². The highest BCUT2D eigenvalue weighted by atomic mass is 127. The molecule has 0 aromatic heterocycles. The number of halogens is 1. The van der Waals surface area contributed by atoms with Gasteiger partial charge in [-0.3, -0.25) is 0 Å². The summed E-state index contributed by atoms with van der Waals surface area (Å²) in [6.07, 6.45) is 7.03. The lowest BCUT2D eigenvalue weighted by Crippen LogP contribution is -1.99. The smallest absolute Gasteiger partial charge is 0.175 e. The lowest BCUT2D eigenvalue weighted by molar-refractivity contribution is 0.328. The SMILES string of the molecule is C#CCOc1c(I)cc(/C=C(\C#N)c2ccc(OC)c(OC)c2)cc1OC. The van der Waals surface area contributed by atoms with E-state index >= 15 is 0 Å². The van der Waals surface area contributed by atoms with E-state index in [9.17, 15) is 5.26 Å². The van der Waals surface area contributed by atoms with E-state index in [1.54, 1.807) is 45.6 Å². The van der Waals surface area contributed by atoms with Crippen LogP contribution in [0.2, 0.25) is 0 Å². The van der Waals surface area contributed by atoms with Crippen molar-refractivity contribution in [2.75, 3.05) is 27.9 Å². The normalized spacial score (nSPS) is 10.5. The molecule has 2 aromatic carbocycles. The zero-order valence-corrected chi connectivity index (χ0v) is 17.4. The molecule has 0 aliphatic carbocycles. The second-order valence-corrected chi connectivity index (χ2v) is 6.43. The molecular weight excluding hydrogens is 457 g/mol. The zero-order valence-electron chi connectivity index (χ0n) is 15.2. The Labute approximate surface area is 172 Å². The van der Waals surface area contributed by atoms with Gasteiger partial charge in [-0.1, -0.05) is 5.92 Å². The third-order valence-corrected chi connectivity index (χ3v) is 4.48. The molecule has 0 atom stereocenters. The zero-order chi connectivity index (χ0) is 19.8. The Kier molecular flexibility index (Phi) is 7.39. The van der Waals surface area contributed by atoms with Crippen molar-refractivity contribution in [3.05, 3.63) is 45.0 Å². The molecule has 0 fully saturated rings. The standard InChI is InChI=1S/C21H18INO4/c1-5-8-27-21-17(22)10-14(11-20(21)26-4)9-16(13-23)15-6-7-18(24-2)19(12-15)25-3/h1,6-7,9-12H,8H2,2-4H3/b16-9+. The van der Waals surface area contributed by atoms with E-state index in [1.807, 2.05) is 12.1 Å². The first-order valence-electron chi connectivity index (χ1n) is 7.85. The molecule has 27 heavy (non-hydrogen) atoms. The average Bonchev–Trinajstić information content (AvgIpc) is 2.70. The molecule has 138 valence electrons. The van der Waals surface area contributed by atoms with Gasteiger partial charge in [0.2, 0.25) is 0 Å². The molecular formula is C21H18INO4. The summed E-state index contributed by atoms with van der Waals surface area (Å²) in [5.74, 6) is 4.72. The third-order valence-electron chi connectivity index (χ3n) is 3.68. The van der Waals surface area contributed by atoms with Crippen LogP contribution in [-0.2, 0) is 0 Å². The second kappa shape index (κ2) is 9.75. The highest BCUT2D eigenvalue weighted by molar-refractivity contribution is 14.1. The van der Waals surface area contributed by atoms with Crippen LogP contribution in [0.3, 0.4) is 0 Å². The first-order valence-corrected chi connectivity index (χ1v) is 8.93. The molecule has 0 radical (unpaired) electrons. The molecule has 2 rings (SSSR count). The molecule has 6 heteroatoms. The van der Waals surface area contributed by atoms with Crippen molar-refractivity contribution < 1.29 is 18.9 Å². The molecule has 0 aliphatic rings. The minimum absolute atomic E-state index is 0.149. The molecule has 0 amide bonds. The van der Waals surface area contributed by atoms with E-state index in [4.69, 9.17) is 25.4 Å². The summed E-state index contributed by atoms with van der Waals surface area (Å²) < 4.78 is 22.3. The molecule has 0 bridgehead atoms. The summed E-state index contributed by atoms with van der Waals surface area (Å²) in [5, 5.41) is 9.63. The first kappa shape index (κ1) is 20.5. The maximum absolute atomic E-state index is 9.63. The highest BCUT2D eigenvalue weighted by Crippen LogP contribution is 2.36. The van der Waals surface area contributed by atoms with Gasteiger partial charge in [0.05, 0.1) is 36.5 Å². The third kappa shape index (κ3) is 4.87. The number of nitrogens with zero attached hydrogens (tertiary/aromatic N) is 1. The number of rotatable bonds is 7. The van der Waals surface area contributed by atoms with Gasteiger partial charge < -0.3 is 18.9 Å². The van der Waals surface area contributed by atoms with Crippen molar-refractivity contribution in [1.82, 2.24) is 0 Å². The number of allylic oxidation sites excluding steroid dienone is 1. The van der Waals surface area contributed by atoms with Crippen LogP contribution >= 0.6 is 22.6 Å². The van der Waals surface area contributed by atoms with Crippen LogP contribution in [0.4, 0.5) is 0 Å². The lowest BCUT2D eigenvalue weighted by atomic mass is 10.0. The average molecular weight is 475 g/mol. The van der Waals surface area contributed by atoms with Crippen LogP contribution in [0.15, 0.2) is 30.3 Å². The van der Waals surface area contributed by atoms with Crippen LogP contribution in [0.5, 0.6) is 23.0 Å². The summed E-state index contributed by atoms with van der Waals surface area (Å²) in [4.78, 5) is 0. The van der Waals surface area contributed by atoms with E-state index in [-0.39, 0.29) is 6.61 Å². The Hall–Kier alpha value is -2.84. The monoisotopic (exact) mass is 475 g/mol. The number of terminal acetylenes is 1. The molecule has 2 aromatic rings. The quantitative estimate of drug-likeness (QED) is 0.257. The van der Waals surface area contributed by atoms with Gasteiger partial charge in [-0.05, 0) is 70.1 Å². The van der Waals surface area contributed by atoms with Gasteiger partial charge in [-0.15, -0.1) is 6.42 Å². The Balaban J connectivity index is 2.48. The van der Waals surface area contributed by atoms with Crippen molar-refractivity contribution in [2.24, 2.45) is 0 Å². The predicted molar refractivity (Wildman–Crippen MR) is 113 cm³/mol. The van der Waals surface area contributed by atoms with Gasteiger partial charge in [-0.25, -0.2) is 0 Å². The maximum Gasteiger partial charge on any atom is 0.175 e. The lowest BCUT2D eigenvalue weighted by Gasteiger charge is -2.12. The van der Waals surface area contributed by atoms with Crippen LogP contribution in [0, 0.1) is 27.2 Å². The summed E-state index contributed by atoms with van der Waals surface area (Å²) in [6, 6.07) is 11.3. The summed E-state index contributed by atoms with van der Waals surface area (Å²) in [6.45, 7) is 0.149. The van der Waals surface area contributed by atoms with E-state index in [0.717, 1.165) is 14.7 Å². The Morgan fingerprint density at radius 2 is 1.78 bits per heavy atom. The molecule has 0 spiro atoms. The van der Waals surface area contributed by atoms with Gasteiger partial charge in [-0.2, -0.15) is 5.26 Å². The second-order valence-electron chi connectivity index (χ2n) is 5.27. The number of nitriles is 1. The van der Waals surface area contributed by atoms with Crippen molar-refractivity contribution in [1.29, 1.82) is 5.26 Å². The summed E-state index contributed by atoms with van der Waals surface area (Å²) in [5.41, 5.74) is 2.00. The Bertz CT molecular complexity index is 938. The molecule has 0 saturated carbocycles. The molecule has 0 N–H and O–H groups in total. The van der Waals surface area contributed by atoms with Gasteiger partial charge >= 0.3 is 0 Å². The minimum atomic E-state index is 0.149. The Morgan fingerprint density at radius 1 is 1.07 bits per heavy atom. The van der Waals surface area contributed by atoms with E-state index < -0.39 is 0 Å². The first-order chi connectivity index (χ1) is 13.1. The van der Waals surface area contributed by atoms with Crippen molar-refractivity contribution >= 4 is 34.2 Å². The highest BCUT2D eigenvalue weighted by Gasteiger charge is 2.13. The fourth-order valence-electron chi connectivity index (χ4n) is 2.43. The largest absolute Gasteiger partial charge is 0.493 e. The fourth-order valence-corrected chi connectivity index (χ4v) is 3.21. The Morgan fingerprint density at radius 3 is 2.37 bits per heavy atom. The fraction of sp³-hybridized carbons (Fsp3) is 0.190. The number of hydrogen-bond acceptors (Lipinski definition) is 5. The minimum Gasteiger partial charge on any atom is -0.493 e. The van der Waals surface area contributed by atoms with E-state index in [2.05, 4.69) is 34.6 Å². The van der Waals surface area contributed by atoms with Gasteiger partial charge in [0.25, 0.3) is 0 Å². The maximum atomic E-state index is 9.63. The number of hydrogen-bond donors (Lipinski definition) is 0. The number of benzene rings is 2. The van der Waals surface area contributed by atoms with Gasteiger partial charge in [0, 0.05) is 0 Å². The summed E-state index contributed by atoms with van der Waals surface area (Å²) in [7, 11) is 4.68. The van der Waals surface area contributed by atoms with Crippen molar-refractivity contribution in [2.45, 2.75) is 0 Å². The molecule has 5 nitrogen and oxygen atoms in total. The molecule has 0 unspecified atom stereocenters. The molecule has 0 heterocycles.